The van der Waals surface area contributed by atoms with E-state index in [2.05, 4.69) is 10.9 Å². The summed E-state index contributed by atoms with van der Waals surface area (Å²) in [5.74, 6) is 1.63. The molecule has 0 bridgehead atoms. The molecule has 2 aliphatic rings. The van der Waals surface area contributed by atoms with Crippen LogP contribution >= 0.6 is 0 Å². The van der Waals surface area contributed by atoms with E-state index in [0.717, 1.165) is 17.7 Å². The van der Waals surface area contributed by atoms with Gasteiger partial charge in [-0.1, -0.05) is 30.3 Å². The lowest BCUT2D eigenvalue weighted by molar-refractivity contribution is -0.129. The van der Waals surface area contributed by atoms with Crippen molar-refractivity contribution in [2.75, 3.05) is 19.8 Å². The van der Waals surface area contributed by atoms with Crippen LogP contribution in [-0.4, -0.2) is 48.3 Å². The maximum Gasteiger partial charge on any atom is 0.266 e. The number of hydrazine groups is 1. The average molecular weight is 438 g/mol. The van der Waals surface area contributed by atoms with Crippen molar-refractivity contribution >= 4 is 11.8 Å². The van der Waals surface area contributed by atoms with Crippen molar-refractivity contribution in [3.05, 3.63) is 65.7 Å². The van der Waals surface area contributed by atoms with Crippen molar-refractivity contribution in [1.29, 1.82) is 0 Å². The molecule has 2 aromatic carbocycles. The van der Waals surface area contributed by atoms with E-state index in [1.165, 1.54) is 12.8 Å². The third kappa shape index (κ3) is 5.29. The van der Waals surface area contributed by atoms with Crippen molar-refractivity contribution in [2.24, 2.45) is 10.9 Å². The van der Waals surface area contributed by atoms with Crippen LogP contribution in [0.1, 0.15) is 37.3 Å². The number of benzene rings is 2. The quantitative estimate of drug-likeness (QED) is 0.371. The molecule has 2 aromatic rings. The van der Waals surface area contributed by atoms with Gasteiger partial charge in [-0.2, -0.15) is 0 Å². The largest absolute Gasteiger partial charge is 0.494 e. The lowest BCUT2D eigenvalue weighted by atomic mass is 9.86. The summed E-state index contributed by atoms with van der Waals surface area (Å²) in [5.41, 5.74) is 6.72. The first-order valence-corrected chi connectivity index (χ1v) is 11.3. The summed E-state index contributed by atoms with van der Waals surface area (Å²) in [7, 11) is 0. The number of aliphatic imine (C=N–C) groups is 1. The number of nitrogens with zero attached hydrogens (tertiary/aromatic N) is 1. The van der Waals surface area contributed by atoms with Gasteiger partial charge < -0.3 is 14.6 Å². The fourth-order valence-electron chi connectivity index (χ4n) is 3.76. The second kappa shape index (κ2) is 10.1. The minimum atomic E-state index is -1.07. The van der Waals surface area contributed by atoms with Crippen LogP contribution in [0.25, 0.3) is 0 Å². The first-order chi connectivity index (χ1) is 15.6. The minimum absolute atomic E-state index is 0.0989. The van der Waals surface area contributed by atoms with Gasteiger partial charge in [0.2, 0.25) is 5.90 Å². The van der Waals surface area contributed by atoms with Crippen molar-refractivity contribution in [2.45, 2.75) is 44.2 Å². The molecular weight excluding hydrogens is 406 g/mol. The third-order valence-electron chi connectivity index (χ3n) is 5.93. The number of ether oxygens (including phenoxy) is 2. The van der Waals surface area contributed by atoms with E-state index in [9.17, 15) is 4.79 Å². The molecular formula is C25H31N3O4. The molecule has 1 amide bonds. The van der Waals surface area contributed by atoms with Crippen LogP contribution in [0.3, 0.4) is 0 Å². The molecule has 0 saturated heterocycles. The van der Waals surface area contributed by atoms with Gasteiger partial charge in [-0.25, -0.2) is 10.4 Å². The number of amides is 1. The average Bonchev–Trinajstić information content (AvgIpc) is 3.57. The van der Waals surface area contributed by atoms with E-state index >= 15 is 0 Å². The standard InChI is InChI=1S/C25H31N3O4/c1-18-25(16-19-6-3-2-4-7-19,24(30)28-26-17-20-8-9-20)27-23(32-18)21-10-12-22(13-11-21)31-15-5-14-29/h2-4,6-7,10-13,18,20,26,29H,5,8-9,14-17H2,1H3,(H,28,30)/t18-,25-/m0/s1. The zero-order valence-corrected chi connectivity index (χ0v) is 18.4. The SMILES string of the molecule is C[C@@H]1OC(c2ccc(OCCCO)cc2)=N[C@]1(Cc1ccccc1)C(=O)NNCC1CC1. The van der Waals surface area contributed by atoms with Gasteiger partial charge in [-0.15, -0.1) is 0 Å². The molecule has 1 heterocycles. The number of carbonyl (C=O) groups excluding carboxylic acids is 1. The molecule has 32 heavy (non-hydrogen) atoms. The number of hydrogen-bond acceptors (Lipinski definition) is 6. The van der Waals surface area contributed by atoms with Gasteiger partial charge in [0, 0.05) is 31.6 Å². The van der Waals surface area contributed by atoms with Crippen LogP contribution in [0.15, 0.2) is 59.6 Å². The molecule has 1 fully saturated rings. The predicted octanol–water partition coefficient (Wildman–Crippen LogP) is 2.63. The van der Waals surface area contributed by atoms with Crippen molar-refractivity contribution in [3.8, 4) is 5.75 Å². The summed E-state index contributed by atoms with van der Waals surface area (Å²) in [6, 6.07) is 17.3. The van der Waals surface area contributed by atoms with Crippen molar-refractivity contribution < 1.29 is 19.4 Å². The van der Waals surface area contributed by atoms with Crippen molar-refractivity contribution in [3.63, 3.8) is 0 Å². The fraction of sp³-hybridized carbons (Fsp3) is 0.440. The Morgan fingerprint density at radius 3 is 2.62 bits per heavy atom. The summed E-state index contributed by atoms with van der Waals surface area (Å²) < 4.78 is 11.7. The van der Waals surface area contributed by atoms with E-state index in [0.29, 0.717) is 37.0 Å². The van der Waals surface area contributed by atoms with Gasteiger partial charge in [0.25, 0.3) is 5.91 Å². The maximum absolute atomic E-state index is 13.4. The Morgan fingerprint density at radius 2 is 1.94 bits per heavy atom. The van der Waals surface area contributed by atoms with Gasteiger partial charge in [0.15, 0.2) is 5.54 Å². The highest BCUT2D eigenvalue weighted by atomic mass is 16.5. The number of rotatable bonds is 11. The van der Waals surface area contributed by atoms with Crippen molar-refractivity contribution in [1.82, 2.24) is 10.9 Å². The lowest BCUT2D eigenvalue weighted by Crippen LogP contribution is -2.56. The molecule has 2 atom stereocenters. The highest BCUT2D eigenvalue weighted by Gasteiger charge is 2.50. The molecule has 170 valence electrons. The normalized spacial score (nSPS) is 22.2. The lowest BCUT2D eigenvalue weighted by Gasteiger charge is -2.28. The third-order valence-corrected chi connectivity index (χ3v) is 5.93. The second-order valence-corrected chi connectivity index (χ2v) is 8.49. The zero-order chi connectivity index (χ0) is 22.4. The topological polar surface area (TPSA) is 92.2 Å². The first kappa shape index (κ1) is 22.3. The first-order valence-electron chi connectivity index (χ1n) is 11.3. The zero-order valence-electron chi connectivity index (χ0n) is 18.4. The van der Waals surface area contributed by atoms with Crippen LogP contribution in [0, 0.1) is 5.92 Å². The molecule has 0 radical (unpaired) electrons. The summed E-state index contributed by atoms with van der Waals surface area (Å²) >= 11 is 0. The second-order valence-electron chi connectivity index (χ2n) is 8.49. The van der Waals surface area contributed by atoms with E-state index < -0.39 is 11.6 Å². The van der Waals surface area contributed by atoms with E-state index in [-0.39, 0.29) is 12.5 Å². The molecule has 4 rings (SSSR count). The molecule has 7 heteroatoms. The minimum Gasteiger partial charge on any atom is -0.494 e. The van der Waals surface area contributed by atoms with E-state index in [4.69, 9.17) is 19.6 Å². The molecule has 0 aromatic heterocycles. The number of carbonyl (C=O) groups is 1. The van der Waals surface area contributed by atoms with Gasteiger partial charge in [-0.05, 0) is 55.5 Å². The maximum atomic E-state index is 13.4. The van der Waals surface area contributed by atoms with Gasteiger partial charge >= 0.3 is 0 Å². The Bertz CT molecular complexity index is 928. The molecule has 3 N–H and O–H groups in total. The highest BCUT2D eigenvalue weighted by molar-refractivity contribution is 6.00. The number of aliphatic hydroxyl groups excluding tert-OH is 1. The van der Waals surface area contributed by atoms with Crippen LogP contribution in [0.5, 0.6) is 5.75 Å². The Hall–Kier alpha value is -2.90. The Kier molecular flexibility index (Phi) is 7.07. The van der Waals surface area contributed by atoms with Crippen LogP contribution in [0.2, 0.25) is 0 Å². The molecule has 0 unspecified atom stereocenters. The summed E-state index contributed by atoms with van der Waals surface area (Å²) in [6.07, 6.45) is 3.01. The molecule has 1 saturated carbocycles. The molecule has 7 nitrogen and oxygen atoms in total. The van der Waals surface area contributed by atoms with Crippen LogP contribution in [-0.2, 0) is 16.0 Å². The Labute approximate surface area is 188 Å². The molecule has 1 aliphatic carbocycles. The number of nitrogens with one attached hydrogen (secondary N) is 2. The predicted molar refractivity (Wildman–Crippen MR) is 122 cm³/mol. The summed E-state index contributed by atoms with van der Waals surface area (Å²) in [4.78, 5) is 18.2. The molecule has 1 aliphatic heterocycles. The monoisotopic (exact) mass is 437 g/mol. The van der Waals surface area contributed by atoms with Gasteiger partial charge in [0.05, 0.1) is 6.61 Å². The fourth-order valence-corrected chi connectivity index (χ4v) is 3.76. The van der Waals surface area contributed by atoms with E-state index in [1.54, 1.807) is 0 Å². The number of hydrogen-bond donors (Lipinski definition) is 3. The number of aliphatic hydroxyl groups is 1. The highest BCUT2D eigenvalue weighted by Crippen LogP contribution is 2.33. The summed E-state index contributed by atoms with van der Waals surface area (Å²) in [5, 5.41) is 8.89. The smallest absolute Gasteiger partial charge is 0.266 e. The summed E-state index contributed by atoms with van der Waals surface area (Å²) in [6.45, 7) is 3.23. The van der Waals surface area contributed by atoms with Crippen LogP contribution < -0.4 is 15.6 Å². The Balaban J connectivity index is 1.54. The van der Waals surface area contributed by atoms with E-state index in [1.807, 2.05) is 61.5 Å². The van der Waals surface area contributed by atoms with Crippen LogP contribution in [0.4, 0.5) is 0 Å². The van der Waals surface area contributed by atoms with Gasteiger partial charge in [0.1, 0.15) is 11.9 Å². The Morgan fingerprint density at radius 1 is 1.19 bits per heavy atom. The van der Waals surface area contributed by atoms with Gasteiger partial charge in [-0.3, -0.25) is 10.2 Å². The molecule has 0 spiro atoms.